The van der Waals surface area contributed by atoms with Gasteiger partial charge >= 0.3 is 0 Å². The summed E-state index contributed by atoms with van der Waals surface area (Å²) in [5, 5.41) is 3.66. The van der Waals surface area contributed by atoms with Gasteiger partial charge < -0.3 is 15.0 Å². The zero-order chi connectivity index (χ0) is 21.8. The van der Waals surface area contributed by atoms with Gasteiger partial charge in [0, 0.05) is 43.1 Å². The predicted molar refractivity (Wildman–Crippen MR) is 133 cm³/mol. The summed E-state index contributed by atoms with van der Waals surface area (Å²) >= 11 is 0. The van der Waals surface area contributed by atoms with Crippen LogP contribution in [0.15, 0.2) is 54.6 Å². The van der Waals surface area contributed by atoms with Crippen LogP contribution in [0, 0.1) is 0 Å². The van der Waals surface area contributed by atoms with Crippen molar-refractivity contribution in [3.05, 3.63) is 71.3 Å². The number of carbonyl (C=O) groups is 1. The lowest BCUT2D eigenvalue weighted by atomic mass is 9.80. The summed E-state index contributed by atoms with van der Waals surface area (Å²) in [6.45, 7) is 8.69. The zero-order valence-electron chi connectivity index (χ0n) is 19.0. The van der Waals surface area contributed by atoms with Gasteiger partial charge in [0.1, 0.15) is 11.4 Å². The molecule has 0 saturated carbocycles. The molecular weight excluding hydrogens is 396 g/mol. The number of carbonyl (C=O) groups excluding carboxylic acids is 1. The average molecular weight is 435 g/mol. The first-order valence-corrected chi connectivity index (χ1v) is 11.7. The van der Waals surface area contributed by atoms with E-state index in [1.807, 2.05) is 36.9 Å². The van der Waals surface area contributed by atoms with Crippen LogP contribution in [0.4, 0.5) is 0 Å². The van der Waals surface area contributed by atoms with Gasteiger partial charge in [0.05, 0.1) is 0 Å². The van der Waals surface area contributed by atoms with E-state index in [0.717, 1.165) is 61.3 Å². The van der Waals surface area contributed by atoms with Crippen LogP contribution in [0.1, 0.15) is 75.4 Å². The van der Waals surface area contributed by atoms with Gasteiger partial charge in [-0.3, -0.25) is 4.79 Å². The van der Waals surface area contributed by atoms with E-state index in [9.17, 15) is 4.79 Å². The van der Waals surface area contributed by atoms with Gasteiger partial charge in [-0.25, -0.2) is 0 Å². The Morgan fingerprint density at radius 3 is 2.50 bits per heavy atom. The number of rotatable bonds is 6. The molecule has 172 valence electrons. The van der Waals surface area contributed by atoms with Gasteiger partial charge in [0.15, 0.2) is 0 Å². The quantitative estimate of drug-likeness (QED) is 0.614. The summed E-state index contributed by atoms with van der Waals surface area (Å²) in [5.74, 6) is 1.05. The maximum Gasteiger partial charge on any atom is 0.253 e. The molecule has 2 atom stereocenters. The van der Waals surface area contributed by atoms with E-state index in [2.05, 4.69) is 48.6 Å². The largest absolute Gasteiger partial charge is 0.482 e. The fraction of sp³-hybridized carbons (Fsp3) is 0.464. The lowest BCUT2D eigenvalue weighted by molar-refractivity contribution is 0.0617. The molecule has 0 bridgehead atoms. The molecule has 2 aliphatic heterocycles. The second kappa shape index (κ2) is 10.4. The highest BCUT2D eigenvalue weighted by atomic mass is 16.5. The minimum absolute atomic E-state index is 0. The maximum absolute atomic E-state index is 12.7. The molecule has 2 aromatic carbocycles. The van der Waals surface area contributed by atoms with Crippen LogP contribution in [0.2, 0.25) is 0 Å². The van der Waals surface area contributed by atoms with E-state index >= 15 is 0 Å². The van der Waals surface area contributed by atoms with E-state index in [4.69, 9.17) is 4.74 Å². The van der Waals surface area contributed by atoms with Crippen molar-refractivity contribution in [2.24, 2.45) is 0 Å². The monoisotopic (exact) mass is 434 g/mol. The molecule has 1 N–H and O–H groups in total. The Hall–Kier alpha value is -2.59. The molecule has 1 saturated heterocycles. The molecule has 0 radical (unpaired) electrons. The van der Waals surface area contributed by atoms with Crippen LogP contribution in [-0.2, 0) is 0 Å². The third-order valence-electron chi connectivity index (χ3n) is 6.60. The number of nitrogens with one attached hydrogen (secondary N) is 1. The maximum atomic E-state index is 12.7. The van der Waals surface area contributed by atoms with Gasteiger partial charge in [0.2, 0.25) is 0 Å². The minimum Gasteiger partial charge on any atom is -0.482 e. The number of para-hydroxylation sites is 1. The first-order chi connectivity index (χ1) is 15.1. The van der Waals surface area contributed by atoms with Crippen LogP contribution < -0.4 is 10.1 Å². The summed E-state index contributed by atoms with van der Waals surface area (Å²) in [4.78, 5) is 14.6. The summed E-state index contributed by atoms with van der Waals surface area (Å²) in [5.41, 5.74) is 3.94. The van der Waals surface area contributed by atoms with Gasteiger partial charge in [0.25, 0.3) is 5.91 Å². The molecule has 4 nitrogen and oxygen atoms in total. The predicted octanol–water partition coefficient (Wildman–Crippen LogP) is 5.92. The number of ether oxygens (including phenoxy) is 1. The Labute approximate surface area is 193 Å². The summed E-state index contributed by atoms with van der Waals surface area (Å²) in [6, 6.07) is 16.9. The van der Waals surface area contributed by atoms with E-state index in [0.29, 0.717) is 6.04 Å². The van der Waals surface area contributed by atoms with E-state index in [1.54, 1.807) is 0 Å². The van der Waals surface area contributed by atoms with Gasteiger partial charge in [-0.05, 0) is 62.2 Å². The van der Waals surface area contributed by atoms with Crippen molar-refractivity contribution in [3.8, 4) is 5.75 Å². The number of hydrogen-bond donors (Lipinski definition) is 1. The third kappa shape index (κ3) is 4.75. The second-order valence-corrected chi connectivity index (χ2v) is 8.67. The van der Waals surface area contributed by atoms with E-state index < -0.39 is 0 Å². The van der Waals surface area contributed by atoms with Crippen LogP contribution in [0.3, 0.4) is 0 Å². The number of hydrogen-bond acceptors (Lipinski definition) is 3. The molecule has 1 spiro atoms. The molecule has 2 unspecified atom stereocenters. The zero-order valence-corrected chi connectivity index (χ0v) is 19.0. The number of nitrogens with zero attached hydrogens (tertiary/aromatic N) is 1. The highest BCUT2D eigenvalue weighted by molar-refractivity contribution is 5.95. The van der Waals surface area contributed by atoms with Crippen molar-refractivity contribution in [2.45, 2.75) is 65.5 Å². The molecule has 4 rings (SSSR count). The first kappa shape index (κ1) is 24.1. The van der Waals surface area contributed by atoms with Crippen molar-refractivity contribution in [1.82, 2.24) is 10.2 Å². The molecule has 2 heterocycles. The van der Waals surface area contributed by atoms with Crippen LogP contribution in [-0.4, -0.2) is 42.1 Å². The lowest BCUT2D eigenvalue weighted by Gasteiger charge is -2.43. The molecule has 1 fully saturated rings. The molecule has 0 aromatic heterocycles. The van der Waals surface area contributed by atoms with Crippen molar-refractivity contribution in [2.75, 3.05) is 19.6 Å². The van der Waals surface area contributed by atoms with Crippen molar-refractivity contribution in [1.29, 1.82) is 0 Å². The van der Waals surface area contributed by atoms with E-state index in [-0.39, 0.29) is 18.9 Å². The fourth-order valence-corrected chi connectivity index (χ4v) is 4.95. The number of amides is 1. The second-order valence-electron chi connectivity index (χ2n) is 8.67. The number of fused-ring (bicyclic) bond motifs is 1. The Bertz CT molecular complexity index is 944. The standard InChI is InChI=1S/C27H34N2O2.CH4/c1-4-9-22-18-27(16-17-28-22)19-24(23-10-7-8-11-25(23)31-27)20-12-14-21(15-13-20)26(30)29(5-2)6-3;/h7-8,10-15,19,22,28H,4-6,9,16-18H2,1-3H3;1H4. The lowest BCUT2D eigenvalue weighted by Crippen LogP contribution is -2.51. The number of piperidine rings is 1. The highest BCUT2D eigenvalue weighted by Crippen LogP contribution is 2.43. The average Bonchev–Trinajstić information content (AvgIpc) is 2.80. The Balaban J connectivity index is 0.00000289. The molecule has 4 heteroatoms. The first-order valence-electron chi connectivity index (χ1n) is 11.7. The summed E-state index contributed by atoms with van der Waals surface area (Å²) < 4.78 is 6.63. The molecule has 2 aliphatic rings. The van der Waals surface area contributed by atoms with Crippen molar-refractivity contribution in [3.63, 3.8) is 0 Å². The van der Waals surface area contributed by atoms with Gasteiger partial charge in [-0.2, -0.15) is 0 Å². The SMILES string of the molecule is C.CCCC1CC2(C=C(c3ccc(C(=O)N(CC)CC)cc3)c3ccccc3O2)CCN1. The Kier molecular flexibility index (Phi) is 7.78. The molecule has 32 heavy (non-hydrogen) atoms. The number of benzene rings is 2. The molecule has 2 aromatic rings. The van der Waals surface area contributed by atoms with E-state index in [1.165, 1.54) is 12.0 Å². The third-order valence-corrected chi connectivity index (χ3v) is 6.60. The highest BCUT2D eigenvalue weighted by Gasteiger charge is 2.40. The molecule has 1 amide bonds. The van der Waals surface area contributed by atoms with Crippen LogP contribution >= 0.6 is 0 Å². The van der Waals surface area contributed by atoms with Gasteiger partial charge in [-0.1, -0.05) is 51.1 Å². The normalized spacial score (nSPS) is 21.7. The Morgan fingerprint density at radius 1 is 1.09 bits per heavy atom. The minimum atomic E-state index is -0.273. The Morgan fingerprint density at radius 2 is 1.81 bits per heavy atom. The van der Waals surface area contributed by atoms with Crippen LogP contribution in [0.25, 0.3) is 5.57 Å². The summed E-state index contributed by atoms with van der Waals surface area (Å²) in [7, 11) is 0. The fourth-order valence-electron chi connectivity index (χ4n) is 4.95. The van der Waals surface area contributed by atoms with Crippen molar-refractivity contribution < 1.29 is 9.53 Å². The topological polar surface area (TPSA) is 41.6 Å². The van der Waals surface area contributed by atoms with Gasteiger partial charge in [-0.15, -0.1) is 0 Å². The smallest absolute Gasteiger partial charge is 0.253 e. The molecular formula is C28H38N2O2. The molecule has 0 aliphatic carbocycles. The summed E-state index contributed by atoms with van der Waals surface area (Å²) in [6.07, 6.45) is 6.63. The van der Waals surface area contributed by atoms with Crippen molar-refractivity contribution >= 4 is 11.5 Å². The van der Waals surface area contributed by atoms with Crippen LogP contribution in [0.5, 0.6) is 5.75 Å².